The van der Waals surface area contributed by atoms with Gasteiger partial charge in [0.15, 0.2) is 11.5 Å². The minimum Gasteiger partial charge on any atom is -0.493 e. The molecular weight excluding hydrogens is 672 g/mol. The van der Waals surface area contributed by atoms with Crippen LogP contribution in [-0.4, -0.2) is 41.7 Å². The van der Waals surface area contributed by atoms with Crippen LogP contribution in [-0.2, 0) is 20.9 Å². The number of imide groups is 1. The molecule has 1 saturated heterocycles. The molecule has 8 rings (SSSR count). The lowest BCUT2D eigenvalue weighted by atomic mass is 9.68. The lowest BCUT2D eigenvalue weighted by molar-refractivity contribution is -0.123. The third-order valence-electron chi connectivity index (χ3n) is 10.2. The number of hydrogen-bond donors (Lipinski definition) is 1. The summed E-state index contributed by atoms with van der Waals surface area (Å²) in [4.78, 5) is 58.2. The predicted molar refractivity (Wildman–Crippen MR) is 182 cm³/mol. The second kappa shape index (κ2) is 12.1. The Bertz CT molecular complexity index is 1990. The number of nitrogens with one attached hydrogen (secondary N) is 1. The van der Waals surface area contributed by atoms with Gasteiger partial charge in [0.1, 0.15) is 6.61 Å². The third kappa shape index (κ3) is 4.97. The SMILES string of the molecule is CCOC(=O)c1ccc(N2C(=O)C3C(C2=O)[C@@H]2C[C@H]3C3Sc4[nH]c(=O)sc4C(c4ccc(OCc5ccc(Cl)cc5)c(OC)c4)C32)cc1. The molecule has 9 nitrogen and oxygen atoms in total. The Morgan fingerprint density at radius 1 is 0.958 bits per heavy atom. The van der Waals surface area contributed by atoms with E-state index < -0.39 is 17.8 Å². The molecule has 48 heavy (non-hydrogen) atoms. The number of aromatic amines is 1. The van der Waals surface area contributed by atoms with E-state index in [4.69, 9.17) is 25.8 Å². The van der Waals surface area contributed by atoms with E-state index in [0.29, 0.717) is 34.4 Å². The average Bonchev–Trinajstić information content (AvgIpc) is 3.83. The van der Waals surface area contributed by atoms with Crippen LogP contribution in [0.3, 0.4) is 0 Å². The van der Waals surface area contributed by atoms with Gasteiger partial charge in [0.05, 0.1) is 41.8 Å². The number of hydrogen-bond acceptors (Lipinski definition) is 9. The van der Waals surface area contributed by atoms with Gasteiger partial charge in [-0.3, -0.25) is 19.3 Å². The van der Waals surface area contributed by atoms with Gasteiger partial charge in [-0.25, -0.2) is 4.79 Å². The van der Waals surface area contributed by atoms with Crippen LogP contribution in [0.5, 0.6) is 11.5 Å². The molecule has 4 aromatic rings. The molecule has 3 fully saturated rings. The molecular formula is C36H31ClN2O7S2. The first-order chi connectivity index (χ1) is 23.3. The molecule has 3 heterocycles. The fourth-order valence-electron chi connectivity index (χ4n) is 8.34. The number of methoxy groups -OCH3 is 1. The first-order valence-electron chi connectivity index (χ1n) is 15.9. The minimum atomic E-state index is -0.450. The molecule has 2 aliphatic carbocycles. The van der Waals surface area contributed by atoms with Gasteiger partial charge in [-0.1, -0.05) is 41.1 Å². The van der Waals surface area contributed by atoms with Crippen molar-refractivity contribution < 1.29 is 28.6 Å². The second-order valence-electron chi connectivity index (χ2n) is 12.6. The van der Waals surface area contributed by atoms with Crippen molar-refractivity contribution in [2.75, 3.05) is 18.6 Å². The highest BCUT2D eigenvalue weighted by atomic mass is 35.5. The number of rotatable bonds is 8. The topological polar surface area (TPSA) is 115 Å². The molecule has 0 spiro atoms. The van der Waals surface area contributed by atoms with Gasteiger partial charge >= 0.3 is 10.8 Å². The van der Waals surface area contributed by atoms with Crippen LogP contribution < -0.4 is 19.2 Å². The smallest absolute Gasteiger partial charge is 0.338 e. The van der Waals surface area contributed by atoms with E-state index in [-0.39, 0.29) is 52.2 Å². The summed E-state index contributed by atoms with van der Waals surface area (Å²) in [7, 11) is 1.60. The van der Waals surface area contributed by atoms with Crippen LogP contribution in [0.2, 0.25) is 5.02 Å². The van der Waals surface area contributed by atoms with Crippen molar-refractivity contribution in [2.45, 2.75) is 36.1 Å². The molecule has 0 radical (unpaired) electrons. The largest absolute Gasteiger partial charge is 0.493 e. The molecule has 3 aromatic carbocycles. The molecule has 12 heteroatoms. The summed E-state index contributed by atoms with van der Waals surface area (Å²) in [6.07, 6.45) is 0.778. The van der Waals surface area contributed by atoms with E-state index in [2.05, 4.69) is 4.98 Å². The predicted octanol–water partition coefficient (Wildman–Crippen LogP) is 6.53. The van der Waals surface area contributed by atoms with Crippen LogP contribution in [0.25, 0.3) is 0 Å². The van der Waals surface area contributed by atoms with Crippen LogP contribution in [0.4, 0.5) is 5.69 Å². The quantitative estimate of drug-likeness (QED) is 0.163. The Balaban J connectivity index is 1.11. The lowest BCUT2D eigenvalue weighted by Gasteiger charge is -2.43. The first-order valence-corrected chi connectivity index (χ1v) is 17.9. The van der Waals surface area contributed by atoms with Gasteiger partial charge < -0.3 is 19.2 Å². The number of H-pyrrole nitrogens is 1. The summed E-state index contributed by atoms with van der Waals surface area (Å²) < 4.78 is 17.0. The van der Waals surface area contributed by atoms with Crippen molar-refractivity contribution in [3.8, 4) is 11.5 Å². The molecule has 1 aromatic heterocycles. The Morgan fingerprint density at radius 3 is 2.40 bits per heavy atom. The Labute approximate surface area is 289 Å². The van der Waals surface area contributed by atoms with Crippen molar-refractivity contribution in [1.82, 2.24) is 4.98 Å². The zero-order chi connectivity index (χ0) is 33.3. The summed E-state index contributed by atoms with van der Waals surface area (Å²) in [6, 6.07) is 19.8. The Morgan fingerprint density at radius 2 is 1.69 bits per heavy atom. The van der Waals surface area contributed by atoms with Crippen molar-refractivity contribution >= 4 is 58.2 Å². The van der Waals surface area contributed by atoms with Gasteiger partial charge in [0, 0.05) is 21.1 Å². The number of carbonyl (C=O) groups excluding carboxylic acids is 3. The monoisotopic (exact) mass is 702 g/mol. The fraction of sp³-hybridized carbons (Fsp3) is 0.333. The number of benzene rings is 3. The summed E-state index contributed by atoms with van der Waals surface area (Å²) in [5.74, 6) is -0.720. The number of amides is 2. The number of anilines is 1. The number of ether oxygens (including phenoxy) is 3. The lowest BCUT2D eigenvalue weighted by Crippen LogP contribution is -2.42. The number of aromatic nitrogens is 1. The Hall–Kier alpha value is -4.06. The molecule has 7 atom stereocenters. The highest BCUT2D eigenvalue weighted by Gasteiger charge is 2.69. The van der Waals surface area contributed by atoms with E-state index in [9.17, 15) is 19.2 Å². The normalized spacial score (nSPS) is 26.6. The molecule has 2 aliphatic heterocycles. The van der Waals surface area contributed by atoms with E-state index >= 15 is 0 Å². The van der Waals surface area contributed by atoms with Gasteiger partial charge in [-0.05, 0) is 90.8 Å². The van der Waals surface area contributed by atoms with Crippen LogP contribution in [0, 0.1) is 29.6 Å². The first kappa shape index (κ1) is 31.2. The zero-order valence-electron chi connectivity index (χ0n) is 26.0. The molecule has 246 valence electrons. The summed E-state index contributed by atoms with van der Waals surface area (Å²) in [5, 5.41) is 1.54. The number of esters is 1. The fourth-order valence-corrected chi connectivity index (χ4v) is 11.4. The zero-order valence-corrected chi connectivity index (χ0v) is 28.4. The van der Waals surface area contributed by atoms with Crippen LogP contribution >= 0.6 is 34.7 Å². The number of halogens is 1. The second-order valence-corrected chi connectivity index (χ2v) is 15.2. The number of carbonyl (C=O) groups is 3. The van der Waals surface area contributed by atoms with Crippen molar-refractivity contribution in [3.05, 3.63) is 103 Å². The molecule has 2 saturated carbocycles. The maximum atomic E-state index is 14.1. The molecule has 2 bridgehead atoms. The number of fused-ring (bicyclic) bond motifs is 9. The number of thioether (sulfide) groups is 1. The minimum absolute atomic E-state index is 0.0156. The Kier molecular flexibility index (Phi) is 7.88. The van der Waals surface area contributed by atoms with E-state index in [1.54, 1.807) is 50.1 Å². The maximum Gasteiger partial charge on any atom is 0.338 e. The summed E-state index contributed by atoms with van der Waals surface area (Å²) >= 11 is 8.89. The van der Waals surface area contributed by atoms with Crippen molar-refractivity contribution in [3.63, 3.8) is 0 Å². The van der Waals surface area contributed by atoms with Crippen LogP contribution in [0.15, 0.2) is 76.6 Å². The van der Waals surface area contributed by atoms with Gasteiger partial charge in [0.2, 0.25) is 11.8 Å². The molecule has 5 unspecified atom stereocenters. The van der Waals surface area contributed by atoms with E-state index in [1.165, 1.54) is 16.2 Å². The van der Waals surface area contributed by atoms with Crippen molar-refractivity contribution in [1.29, 1.82) is 0 Å². The standard InChI is InChI=1S/C36H31ClN2O7S2/c1-3-45-35(42)18-6-11-21(12-7-18)39-33(40)28-22-15-23(29(28)34(39)41)30-27(22)26(31-32(47-30)38-36(43)48-31)19-8-13-24(25(14-19)44-2)46-16-17-4-9-20(37)10-5-17/h4-14,22-23,26-30H,3,15-16H2,1-2H3,(H,38,43)/t22-,23-,26?,27?,28?,29?,30?/m1/s1. The van der Waals surface area contributed by atoms with Gasteiger partial charge in [-0.15, -0.1) is 11.8 Å². The average molecular weight is 703 g/mol. The molecule has 2 amide bonds. The maximum absolute atomic E-state index is 14.1. The highest BCUT2D eigenvalue weighted by molar-refractivity contribution is 8.00. The molecule has 1 N–H and O–H groups in total. The third-order valence-corrected chi connectivity index (χ3v) is 13.1. The van der Waals surface area contributed by atoms with Gasteiger partial charge in [0.25, 0.3) is 0 Å². The van der Waals surface area contributed by atoms with Crippen LogP contribution in [0.1, 0.15) is 45.6 Å². The van der Waals surface area contributed by atoms with Crippen molar-refractivity contribution in [2.24, 2.45) is 29.6 Å². The molecule has 4 aliphatic rings. The summed E-state index contributed by atoms with van der Waals surface area (Å²) in [5.41, 5.74) is 2.77. The number of nitrogens with zero attached hydrogens (tertiary/aromatic N) is 1. The number of thiazole rings is 1. The van der Waals surface area contributed by atoms with Gasteiger partial charge in [-0.2, -0.15) is 0 Å². The van der Waals surface area contributed by atoms with E-state index in [1.807, 2.05) is 42.5 Å². The summed E-state index contributed by atoms with van der Waals surface area (Å²) in [6.45, 7) is 2.33. The van der Waals surface area contributed by atoms with E-state index in [0.717, 1.165) is 27.5 Å². The highest BCUT2D eigenvalue weighted by Crippen LogP contribution is 2.68.